The molecule has 0 unspecified atom stereocenters. The van der Waals surface area contributed by atoms with Crippen LogP contribution in [0.1, 0.15) is 31.2 Å². The van der Waals surface area contributed by atoms with Gasteiger partial charge < -0.3 is 19.4 Å². The summed E-state index contributed by atoms with van der Waals surface area (Å²) in [5.41, 5.74) is 1.41. The summed E-state index contributed by atoms with van der Waals surface area (Å²) in [6, 6.07) is 7.13. The van der Waals surface area contributed by atoms with E-state index in [9.17, 15) is 14.7 Å². The minimum absolute atomic E-state index is 0.0164. The highest BCUT2D eigenvalue weighted by Gasteiger charge is 2.30. The van der Waals surface area contributed by atoms with Crippen molar-refractivity contribution in [1.29, 1.82) is 0 Å². The minimum Gasteiger partial charge on any atom is -0.549 e. The van der Waals surface area contributed by atoms with Gasteiger partial charge in [-0.15, -0.1) is 21.5 Å². The maximum atomic E-state index is 14.0. The van der Waals surface area contributed by atoms with Crippen LogP contribution < -0.4 is 15.4 Å². The van der Waals surface area contributed by atoms with Gasteiger partial charge in [-0.3, -0.25) is 4.79 Å². The number of benzene rings is 1. The number of hydrogen-bond acceptors (Lipinski definition) is 9. The second-order valence-corrected chi connectivity index (χ2v) is 10.9. The minimum atomic E-state index is -1.19. The van der Waals surface area contributed by atoms with Gasteiger partial charge in [-0.1, -0.05) is 25.6 Å². The van der Waals surface area contributed by atoms with Crippen LogP contribution in [-0.2, 0) is 22.6 Å². The molecule has 3 aromatic heterocycles. The normalized spacial score (nSPS) is 16.8. The number of ether oxygens (including phenoxy) is 2. The lowest BCUT2D eigenvalue weighted by molar-refractivity contribution is -0.304. The van der Waals surface area contributed by atoms with E-state index < -0.39 is 11.2 Å². The second kappa shape index (κ2) is 8.71. The number of thioether (sulfide) groups is 1. The number of aliphatic carboxylic acids is 1. The molecule has 1 aromatic carbocycles. The zero-order chi connectivity index (χ0) is 24.1. The summed E-state index contributed by atoms with van der Waals surface area (Å²) >= 11 is 2.51. The molecule has 0 amide bonds. The van der Waals surface area contributed by atoms with Crippen molar-refractivity contribution >= 4 is 45.1 Å². The Labute approximate surface area is 203 Å². The zero-order valence-corrected chi connectivity index (χ0v) is 20.7. The van der Waals surface area contributed by atoms with Gasteiger partial charge in [0.2, 0.25) is 5.78 Å². The predicted molar refractivity (Wildman–Crippen MR) is 128 cm³/mol. The fourth-order valence-electron chi connectivity index (χ4n) is 4.11. The molecule has 4 aromatic rings. The lowest BCUT2D eigenvalue weighted by atomic mass is 9.96. The van der Waals surface area contributed by atoms with Gasteiger partial charge in [-0.05, 0) is 42.7 Å². The smallest absolute Gasteiger partial charge is 0.268 e. The largest absolute Gasteiger partial charge is 0.549 e. The van der Waals surface area contributed by atoms with Crippen LogP contribution >= 0.6 is 23.1 Å². The number of carboxylic acids is 1. The number of aromatic nitrogens is 4. The molecule has 5 rings (SSSR count). The van der Waals surface area contributed by atoms with Crippen molar-refractivity contribution in [3.05, 3.63) is 45.1 Å². The zero-order valence-electron chi connectivity index (χ0n) is 19.1. The molecule has 0 fully saturated rings. The summed E-state index contributed by atoms with van der Waals surface area (Å²) < 4.78 is 14.6. The second-order valence-electron chi connectivity index (χ2n) is 8.52. The van der Waals surface area contributed by atoms with Crippen LogP contribution in [0.15, 0.2) is 34.2 Å². The molecular formula is C23H23N4O5S2-. The number of carboxylic acid groups (broad SMARTS) is 1. The highest BCUT2D eigenvalue weighted by Crippen LogP contribution is 2.38. The highest BCUT2D eigenvalue weighted by molar-refractivity contribution is 8.00. The average Bonchev–Trinajstić information content (AvgIpc) is 3.40. The quantitative estimate of drug-likeness (QED) is 0.372. The van der Waals surface area contributed by atoms with Crippen LogP contribution in [0.3, 0.4) is 0 Å². The van der Waals surface area contributed by atoms with Crippen LogP contribution in [-0.4, -0.2) is 43.6 Å². The molecule has 11 heteroatoms. The monoisotopic (exact) mass is 499 g/mol. The Morgan fingerprint density at radius 2 is 2.00 bits per heavy atom. The molecule has 34 heavy (non-hydrogen) atoms. The Kier molecular flexibility index (Phi) is 5.86. The van der Waals surface area contributed by atoms with E-state index in [4.69, 9.17) is 9.47 Å². The van der Waals surface area contributed by atoms with Gasteiger partial charge in [0.05, 0.1) is 36.9 Å². The standard InChI is InChI=1S/C23H24N4O5S2/c1-11(2)16-9-15-17(10-32-16)34-20-18(15)19(28)26(13-5-7-14(31-4)8-6-13)22-24-25-23(27(20)22)33-12(3)21(29)30/h5-8,11-12,16H,9-10H2,1-4H3,(H,29,30)/p-1/t12-,16+/m1/s1. The number of methoxy groups -OCH3 is 1. The first-order chi connectivity index (χ1) is 16.3. The van der Waals surface area contributed by atoms with E-state index in [1.165, 1.54) is 22.8 Å². The number of hydrogen-bond donors (Lipinski definition) is 0. The molecule has 0 spiro atoms. The van der Waals surface area contributed by atoms with E-state index >= 15 is 0 Å². The first kappa shape index (κ1) is 22.9. The third-order valence-corrected chi connectivity index (χ3v) is 8.24. The first-order valence-corrected chi connectivity index (χ1v) is 12.6. The van der Waals surface area contributed by atoms with Gasteiger partial charge >= 0.3 is 0 Å². The third-order valence-electron chi connectivity index (χ3n) is 6.03. The molecule has 0 saturated carbocycles. The van der Waals surface area contributed by atoms with Crippen molar-refractivity contribution in [3.63, 3.8) is 0 Å². The van der Waals surface area contributed by atoms with Crippen LogP contribution in [0.2, 0.25) is 0 Å². The Morgan fingerprint density at radius 3 is 2.65 bits per heavy atom. The molecule has 0 N–H and O–H groups in total. The maximum absolute atomic E-state index is 14.0. The SMILES string of the molecule is COc1ccc(-n2c(=O)c3c4c(sc3n3c(S[C@H](C)C(=O)[O-])nnc23)CO[C@H](C(C)C)C4)cc1. The van der Waals surface area contributed by atoms with Gasteiger partial charge in [0.1, 0.15) is 10.6 Å². The Morgan fingerprint density at radius 1 is 1.26 bits per heavy atom. The van der Waals surface area contributed by atoms with Gasteiger partial charge in [0.15, 0.2) is 5.16 Å². The number of carbonyl (C=O) groups is 1. The predicted octanol–water partition coefficient (Wildman–Crippen LogP) is 2.43. The molecule has 9 nitrogen and oxygen atoms in total. The van der Waals surface area contributed by atoms with Gasteiger partial charge in [0.25, 0.3) is 5.56 Å². The van der Waals surface area contributed by atoms with Crippen molar-refractivity contribution in [3.8, 4) is 11.4 Å². The van der Waals surface area contributed by atoms with Crippen molar-refractivity contribution in [1.82, 2.24) is 19.2 Å². The molecular weight excluding hydrogens is 476 g/mol. The molecule has 0 bridgehead atoms. The summed E-state index contributed by atoms with van der Waals surface area (Å²) in [6.45, 7) is 6.18. The molecule has 178 valence electrons. The third kappa shape index (κ3) is 3.68. The summed E-state index contributed by atoms with van der Waals surface area (Å²) in [4.78, 5) is 27.1. The van der Waals surface area contributed by atoms with E-state index in [-0.39, 0.29) is 11.7 Å². The van der Waals surface area contributed by atoms with Crippen molar-refractivity contribution < 1.29 is 19.4 Å². The van der Waals surface area contributed by atoms with E-state index in [1.54, 1.807) is 35.8 Å². The molecule has 0 radical (unpaired) electrons. The fourth-order valence-corrected chi connectivity index (χ4v) is 6.19. The summed E-state index contributed by atoms with van der Waals surface area (Å²) in [6.07, 6.45) is 0.652. The Balaban J connectivity index is 1.82. The summed E-state index contributed by atoms with van der Waals surface area (Å²) in [5, 5.41) is 20.1. The fraction of sp³-hybridized carbons (Fsp3) is 0.391. The average molecular weight is 500 g/mol. The number of rotatable bonds is 6. The van der Waals surface area contributed by atoms with Gasteiger partial charge in [0, 0.05) is 16.5 Å². The van der Waals surface area contributed by atoms with Crippen LogP contribution in [0, 0.1) is 5.92 Å². The molecule has 0 saturated heterocycles. The van der Waals surface area contributed by atoms with E-state index in [1.807, 2.05) is 0 Å². The highest BCUT2D eigenvalue weighted by atomic mass is 32.2. The Bertz CT molecular complexity index is 1450. The molecule has 1 aliphatic rings. The van der Waals surface area contributed by atoms with E-state index in [0.29, 0.717) is 51.5 Å². The van der Waals surface area contributed by atoms with Gasteiger partial charge in [-0.25, -0.2) is 8.97 Å². The number of nitrogens with zero attached hydrogens (tertiary/aromatic N) is 4. The van der Waals surface area contributed by atoms with Crippen LogP contribution in [0.5, 0.6) is 5.75 Å². The molecule has 4 heterocycles. The lowest BCUT2D eigenvalue weighted by Crippen LogP contribution is -2.31. The number of fused-ring (bicyclic) bond motifs is 5. The molecule has 2 atom stereocenters. The van der Waals surface area contributed by atoms with Crippen molar-refractivity contribution in [2.45, 2.75) is 50.3 Å². The molecule has 0 aliphatic carbocycles. The lowest BCUT2D eigenvalue weighted by Gasteiger charge is -2.26. The maximum Gasteiger partial charge on any atom is 0.268 e. The Hall–Kier alpha value is -2.89. The van der Waals surface area contributed by atoms with Crippen molar-refractivity contribution in [2.24, 2.45) is 5.92 Å². The summed E-state index contributed by atoms with van der Waals surface area (Å²) in [7, 11) is 1.58. The first-order valence-electron chi connectivity index (χ1n) is 10.9. The number of thiophene rings is 1. The summed E-state index contributed by atoms with van der Waals surface area (Å²) in [5.74, 6) is 0.0931. The number of carbonyl (C=O) groups excluding carboxylic acids is 1. The van der Waals surface area contributed by atoms with Crippen LogP contribution in [0.4, 0.5) is 0 Å². The van der Waals surface area contributed by atoms with E-state index in [0.717, 1.165) is 22.2 Å². The van der Waals surface area contributed by atoms with Crippen molar-refractivity contribution in [2.75, 3.05) is 7.11 Å². The molecule has 1 aliphatic heterocycles. The van der Waals surface area contributed by atoms with E-state index in [2.05, 4.69) is 24.0 Å². The topological polar surface area (TPSA) is 111 Å². The van der Waals surface area contributed by atoms with Crippen LogP contribution in [0.25, 0.3) is 21.7 Å². The van der Waals surface area contributed by atoms with Gasteiger partial charge in [-0.2, -0.15) is 0 Å².